The van der Waals surface area contributed by atoms with Gasteiger partial charge in [0, 0.05) is 23.7 Å². The van der Waals surface area contributed by atoms with E-state index in [1.54, 1.807) is 0 Å². The summed E-state index contributed by atoms with van der Waals surface area (Å²) in [5, 5.41) is 7.09. The summed E-state index contributed by atoms with van der Waals surface area (Å²) >= 11 is 0. The van der Waals surface area contributed by atoms with Gasteiger partial charge in [0.1, 0.15) is 0 Å². The van der Waals surface area contributed by atoms with Gasteiger partial charge in [0.25, 0.3) is 0 Å². The highest BCUT2D eigenvalue weighted by Crippen LogP contribution is 2.11. The van der Waals surface area contributed by atoms with Crippen LogP contribution in [0.1, 0.15) is 0 Å². The van der Waals surface area contributed by atoms with Crippen molar-refractivity contribution in [3.63, 3.8) is 0 Å². The highest BCUT2D eigenvalue weighted by molar-refractivity contribution is 6.78. The molecule has 2 nitrogen and oxygen atoms in total. The Morgan fingerprint density at radius 2 is 1.05 bits per heavy atom. The second kappa shape index (κ2) is 6.43. The van der Waals surface area contributed by atoms with Gasteiger partial charge in [-0.3, -0.25) is 0 Å². The molecule has 0 radical (unpaired) electrons. The van der Waals surface area contributed by atoms with Crippen molar-refractivity contribution in [3.05, 3.63) is 60.7 Å². The van der Waals surface area contributed by atoms with E-state index < -0.39 is 8.07 Å². The molecule has 0 aliphatic carbocycles. The van der Waals surface area contributed by atoms with Gasteiger partial charge in [0.15, 0.2) is 0 Å². The molecule has 2 aromatic rings. The first kappa shape index (κ1) is 13.7. The normalized spacial score (nSPS) is 11.1. The quantitative estimate of drug-likeness (QED) is 0.775. The molecule has 0 aliphatic rings. The third-order valence-corrected chi connectivity index (χ3v) is 5.36. The topological polar surface area (TPSA) is 24.1 Å². The van der Waals surface area contributed by atoms with Gasteiger partial charge in [0.05, 0.1) is 8.07 Å². The van der Waals surface area contributed by atoms with Crippen LogP contribution in [0.25, 0.3) is 0 Å². The molecule has 100 valence electrons. The fraction of sp³-hybridized carbons (Fsp3) is 0.250. The van der Waals surface area contributed by atoms with Crippen LogP contribution in [0.2, 0.25) is 13.1 Å². The summed E-state index contributed by atoms with van der Waals surface area (Å²) in [6, 6.07) is 20.8. The fourth-order valence-corrected chi connectivity index (χ4v) is 3.35. The molecule has 0 heterocycles. The Bertz CT molecular complexity index is 437. The number of benzene rings is 2. The van der Waals surface area contributed by atoms with Gasteiger partial charge in [-0.05, 0) is 24.3 Å². The van der Waals surface area contributed by atoms with Gasteiger partial charge in [-0.2, -0.15) is 0 Å². The maximum Gasteiger partial charge on any atom is 0.0902 e. The molecule has 0 amide bonds. The Morgan fingerprint density at radius 1 is 0.684 bits per heavy atom. The number of rotatable bonds is 6. The van der Waals surface area contributed by atoms with E-state index in [1.165, 1.54) is 11.4 Å². The summed E-state index contributed by atoms with van der Waals surface area (Å²) in [6.07, 6.45) is 2.16. The van der Waals surface area contributed by atoms with Crippen LogP contribution in [0.3, 0.4) is 0 Å². The Hall–Kier alpha value is -1.74. The molecular formula is C16H22N2Si. The van der Waals surface area contributed by atoms with Gasteiger partial charge in [0.2, 0.25) is 0 Å². The van der Waals surface area contributed by atoms with Gasteiger partial charge < -0.3 is 10.6 Å². The predicted molar refractivity (Wildman–Crippen MR) is 87.3 cm³/mol. The molecule has 0 aromatic heterocycles. The number of para-hydroxylation sites is 2. The average molecular weight is 270 g/mol. The van der Waals surface area contributed by atoms with E-state index in [4.69, 9.17) is 0 Å². The predicted octanol–water partition coefficient (Wildman–Crippen LogP) is 4.00. The highest BCUT2D eigenvalue weighted by Gasteiger charge is 2.20. The molecule has 0 aliphatic heterocycles. The molecule has 2 aromatic carbocycles. The molecule has 0 unspecified atom stereocenters. The molecule has 0 spiro atoms. The molecule has 0 bridgehead atoms. The van der Waals surface area contributed by atoms with Crippen LogP contribution < -0.4 is 10.6 Å². The van der Waals surface area contributed by atoms with E-state index in [0.717, 1.165) is 12.3 Å². The van der Waals surface area contributed by atoms with Crippen LogP contribution in [0.15, 0.2) is 60.7 Å². The Balaban J connectivity index is 1.82. The van der Waals surface area contributed by atoms with Crippen molar-refractivity contribution in [2.75, 3.05) is 23.0 Å². The van der Waals surface area contributed by atoms with E-state index in [-0.39, 0.29) is 0 Å². The maximum atomic E-state index is 3.54. The molecular weight excluding hydrogens is 248 g/mol. The fourth-order valence-electron chi connectivity index (χ4n) is 1.86. The lowest BCUT2D eigenvalue weighted by Gasteiger charge is -2.24. The average Bonchev–Trinajstić information content (AvgIpc) is 2.46. The van der Waals surface area contributed by atoms with Crippen LogP contribution in [0.5, 0.6) is 0 Å². The smallest absolute Gasteiger partial charge is 0.0902 e. The monoisotopic (exact) mass is 270 g/mol. The summed E-state index contributed by atoms with van der Waals surface area (Å²) in [5.74, 6) is 0. The number of hydrogen-bond donors (Lipinski definition) is 2. The third kappa shape index (κ3) is 4.79. The summed E-state index contributed by atoms with van der Waals surface area (Å²) in [5.41, 5.74) is 2.42. The Labute approximate surface area is 116 Å². The maximum absolute atomic E-state index is 3.54. The van der Waals surface area contributed by atoms with Crippen LogP contribution >= 0.6 is 0 Å². The Morgan fingerprint density at radius 3 is 1.42 bits per heavy atom. The summed E-state index contributed by atoms with van der Waals surface area (Å²) in [4.78, 5) is 0. The lowest BCUT2D eigenvalue weighted by atomic mass is 10.3. The van der Waals surface area contributed by atoms with Crippen LogP contribution in [-0.4, -0.2) is 20.4 Å². The first-order valence-corrected chi connectivity index (χ1v) is 10.1. The van der Waals surface area contributed by atoms with E-state index >= 15 is 0 Å². The molecule has 19 heavy (non-hydrogen) atoms. The molecule has 3 heteroatoms. The van der Waals surface area contributed by atoms with Crippen molar-refractivity contribution in [3.8, 4) is 0 Å². The number of nitrogens with one attached hydrogen (secondary N) is 2. The lowest BCUT2D eigenvalue weighted by Crippen LogP contribution is -2.43. The van der Waals surface area contributed by atoms with E-state index in [1.807, 2.05) is 12.1 Å². The highest BCUT2D eigenvalue weighted by atomic mass is 28.3. The standard InChI is InChI=1S/C16H22N2Si/c1-19(2,13-17-15-9-5-3-6-10-15)14-18-16-11-7-4-8-12-16/h3-12,17-18H,13-14H2,1-2H3. The van der Waals surface area contributed by atoms with Crippen LogP contribution in [0.4, 0.5) is 11.4 Å². The second-order valence-corrected chi connectivity index (χ2v) is 10.6. The summed E-state index contributed by atoms with van der Waals surface area (Å²) in [6.45, 7) is 4.80. The number of hydrogen-bond acceptors (Lipinski definition) is 2. The van der Waals surface area contributed by atoms with Crippen molar-refractivity contribution in [2.45, 2.75) is 13.1 Å². The zero-order chi connectivity index (χ0) is 13.6. The lowest BCUT2D eigenvalue weighted by molar-refractivity contribution is 1.28. The summed E-state index contributed by atoms with van der Waals surface area (Å²) < 4.78 is 0. The largest absolute Gasteiger partial charge is 0.388 e. The minimum absolute atomic E-state index is 1.08. The molecule has 0 saturated heterocycles. The molecule has 0 atom stereocenters. The first-order chi connectivity index (χ1) is 9.16. The Kier molecular flexibility index (Phi) is 4.63. The van der Waals surface area contributed by atoms with Crippen molar-refractivity contribution in [1.29, 1.82) is 0 Å². The number of anilines is 2. The SMILES string of the molecule is C[Si](C)(CNc1ccccc1)CNc1ccccc1. The van der Waals surface area contributed by atoms with E-state index in [9.17, 15) is 0 Å². The van der Waals surface area contributed by atoms with Crippen molar-refractivity contribution in [2.24, 2.45) is 0 Å². The zero-order valence-electron chi connectivity index (χ0n) is 11.7. The molecule has 2 rings (SSSR count). The van der Waals surface area contributed by atoms with Crippen LogP contribution in [0, 0.1) is 0 Å². The van der Waals surface area contributed by atoms with E-state index in [2.05, 4.69) is 72.3 Å². The summed E-state index contributed by atoms with van der Waals surface area (Å²) in [7, 11) is -1.29. The minimum atomic E-state index is -1.29. The third-order valence-electron chi connectivity index (χ3n) is 3.09. The minimum Gasteiger partial charge on any atom is -0.388 e. The van der Waals surface area contributed by atoms with Gasteiger partial charge in [-0.15, -0.1) is 0 Å². The molecule has 0 saturated carbocycles. The van der Waals surface area contributed by atoms with Gasteiger partial charge >= 0.3 is 0 Å². The molecule has 0 fully saturated rings. The van der Waals surface area contributed by atoms with Crippen molar-refractivity contribution >= 4 is 19.4 Å². The molecule has 2 N–H and O–H groups in total. The zero-order valence-corrected chi connectivity index (χ0v) is 12.7. The first-order valence-electron chi connectivity index (χ1n) is 6.74. The van der Waals surface area contributed by atoms with Gasteiger partial charge in [-0.25, -0.2) is 0 Å². The van der Waals surface area contributed by atoms with Crippen molar-refractivity contribution in [1.82, 2.24) is 0 Å². The second-order valence-electron chi connectivity index (χ2n) is 5.60. The van der Waals surface area contributed by atoms with Crippen LogP contribution in [-0.2, 0) is 0 Å². The van der Waals surface area contributed by atoms with Gasteiger partial charge in [-0.1, -0.05) is 49.5 Å². The van der Waals surface area contributed by atoms with Crippen molar-refractivity contribution < 1.29 is 0 Å². The van der Waals surface area contributed by atoms with E-state index in [0.29, 0.717) is 0 Å².